The van der Waals surface area contributed by atoms with Crippen molar-refractivity contribution in [1.29, 1.82) is 0 Å². The molecule has 0 spiro atoms. The first-order valence-electron chi connectivity index (χ1n) is 4.41. The fourth-order valence-electron chi connectivity index (χ4n) is 0.354. The van der Waals surface area contributed by atoms with Crippen molar-refractivity contribution < 1.29 is 0 Å². The summed E-state index contributed by atoms with van der Waals surface area (Å²) in [4.78, 5) is 0. The van der Waals surface area contributed by atoms with Gasteiger partial charge in [-0.15, -0.1) is 0 Å². The molecule has 0 N–H and O–H groups in total. The van der Waals surface area contributed by atoms with E-state index in [0.717, 1.165) is 0 Å². The molecular weight excluding hydrogens is 136 g/mol. The van der Waals surface area contributed by atoms with Gasteiger partial charge in [-0.25, -0.2) is 0 Å². The van der Waals surface area contributed by atoms with Crippen LogP contribution >= 0.6 is 0 Å². The first kappa shape index (κ1) is 12.9. The van der Waals surface area contributed by atoms with Crippen molar-refractivity contribution in [3.05, 3.63) is 0 Å². The van der Waals surface area contributed by atoms with E-state index < -0.39 is 8.07 Å². The summed E-state index contributed by atoms with van der Waals surface area (Å²) < 4.78 is 0. The molecule has 0 aromatic rings. The van der Waals surface area contributed by atoms with Crippen LogP contribution in [0.15, 0.2) is 0 Å². The van der Waals surface area contributed by atoms with Gasteiger partial charge in [-0.2, -0.15) is 0 Å². The first-order valence-corrected chi connectivity index (χ1v) is 8.41. The maximum absolute atomic E-state index is 2.33. The van der Waals surface area contributed by atoms with Crippen molar-refractivity contribution in [2.45, 2.75) is 59.3 Å². The molecule has 1 heteroatoms. The second kappa shape index (κ2) is 7.33. The van der Waals surface area contributed by atoms with Gasteiger partial charge in [-0.05, 0) is 0 Å². The molecule has 0 aliphatic carbocycles. The summed E-state index contributed by atoms with van der Waals surface area (Å²) in [5.41, 5.74) is 0. The molecule has 0 unspecified atom stereocenters. The molecule has 0 heterocycles. The van der Waals surface area contributed by atoms with Crippen molar-refractivity contribution >= 4 is 8.07 Å². The first-order chi connectivity index (χ1) is 4.41. The largest absolute Gasteiger partial charge is 0.0697 e. The Morgan fingerprint density at radius 3 is 1.00 bits per heavy atom. The Labute approximate surface area is 68.0 Å². The van der Waals surface area contributed by atoms with E-state index in [1.165, 1.54) is 19.3 Å². The molecule has 0 aliphatic heterocycles. The van der Waals surface area contributed by atoms with Crippen LogP contribution in [-0.4, -0.2) is 8.07 Å². The van der Waals surface area contributed by atoms with Crippen LogP contribution < -0.4 is 0 Å². The molecule has 0 atom stereocenters. The molecule has 0 saturated heterocycles. The summed E-state index contributed by atoms with van der Waals surface area (Å²) in [5, 5.41) is 0. The monoisotopic (exact) mass is 160 g/mol. The molecule has 0 aliphatic rings. The highest BCUT2D eigenvalue weighted by atomic mass is 28.3. The zero-order valence-corrected chi connectivity index (χ0v) is 9.62. The average molecular weight is 160 g/mol. The van der Waals surface area contributed by atoms with Crippen molar-refractivity contribution in [3.63, 3.8) is 0 Å². The fraction of sp³-hybridized carbons (Fsp3) is 1.00. The minimum absolute atomic E-state index is 0.611. The highest BCUT2D eigenvalue weighted by molar-refractivity contribution is 6.74. The van der Waals surface area contributed by atoms with Crippen LogP contribution in [-0.2, 0) is 0 Å². The van der Waals surface area contributed by atoms with E-state index in [1.54, 1.807) is 0 Å². The van der Waals surface area contributed by atoms with Crippen molar-refractivity contribution in [2.75, 3.05) is 0 Å². The molecule has 0 saturated carbocycles. The van der Waals surface area contributed by atoms with E-state index in [0.29, 0.717) is 0 Å². The van der Waals surface area contributed by atoms with Crippen molar-refractivity contribution in [3.8, 4) is 0 Å². The van der Waals surface area contributed by atoms with E-state index in [-0.39, 0.29) is 0 Å². The van der Waals surface area contributed by atoms with E-state index in [1.807, 2.05) is 0 Å². The summed E-state index contributed by atoms with van der Waals surface area (Å²) in [5.74, 6) is 0. The molecule has 10 heavy (non-hydrogen) atoms. The topological polar surface area (TPSA) is 0 Å². The van der Waals surface area contributed by atoms with Crippen LogP contribution in [0.4, 0.5) is 0 Å². The zero-order valence-electron chi connectivity index (χ0n) is 8.62. The fourth-order valence-corrected chi connectivity index (χ4v) is 0.354. The number of hydrogen-bond acceptors (Lipinski definition) is 0. The molecule has 0 rings (SSSR count). The van der Waals surface area contributed by atoms with Crippen molar-refractivity contribution in [2.24, 2.45) is 0 Å². The summed E-state index contributed by atoms with van der Waals surface area (Å²) >= 11 is 0. The van der Waals surface area contributed by atoms with Crippen LogP contribution in [0.25, 0.3) is 0 Å². The van der Waals surface area contributed by atoms with Gasteiger partial charge >= 0.3 is 0 Å². The number of rotatable bonds is 2. The van der Waals surface area contributed by atoms with Crippen LogP contribution in [0.2, 0.25) is 26.2 Å². The zero-order chi connectivity index (χ0) is 8.62. The minimum atomic E-state index is -0.611. The molecule has 0 fully saturated rings. The van der Waals surface area contributed by atoms with Crippen LogP contribution in [0, 0.1) is 0 Å². The lowest BCUT2D eigenvalue weighted by molar-refractivity contribution is 0.772. The van der Waals surface area contributed by atoms with Gasteiger partial charge in [0, 0.05) is 8.07 Å². The third kappa shape index (κ3) is 87.1. The highest BCUT2D eigenvalue weighted by Crippen LogP contribution is 1.94. The molecule has 0 radical (unpaired) electrons. The highest BCUT2D eigenvalue weighted by Gasteiger charge is 1.99. The standard InChI is InChI=1S/C5H12.C4H12Si/c1-3-5-4-2;1-5(2,3)4/h3-5H2,1-2H3;1-4H3. The van der Waals surface area contributed by atoms with Crippen LogP contribution in [0.3, 0.4) is 0 Å². The SMILES string of the molecule is CCCCC.C[Si](C)(C)C. The summed E-state index contributed by atoms with van der Waals surface area (Å²) in [6.07, 6.45) is 4.08. The molecule has 0 nitrogen and oxygen atoms in total. The third-order valence-corrected chi connectivity index (χ3v) is 0.707. The van der Waals surface area contributed by atoms with E-state index in [9.17, 15) is 0 Å². The van der Waals surface area contributed by atoms with Gasteiger partial charge in [0.05, 0.1) is 0 Å². The molecule has 0 amide bonds. The lowest BCUT2D eigenvalue weighted by Gasteiger charge is -2.01. The second-order valence-corrected chi connectivity index (χ2v) is 10.4. The van der Waals surface area contributed by atoms with E-state index in [4.69, 9.17) is 0 Å². The minimum Gasteiger partial charge on any atom is -0.0697 e. The normalized spacial score (nSPS) is 10.2. The summed E-state index contributed by atoms with van der Waals surface area (Å²) in [6.45, 7) is 13.7. The Hall–Kier alpha value is 0.217. The van der Waals surface area contributed by atoms with Gasteiger partial charge in [0.1, 0.15) is 0 Å². The van der Waals surface area contributed by atoms with Gasteiger partial charge in [0.2, 0.25) is 0 Å². The van der Waals surface area contributed by atoms with Gasteiger partial charge < -0.3 is 0 Å². The molecular formula is C9H24Si. The average Bonchev–Trinajstić information content (AvgIpc) is 1.63. The maximum Gasteiger partial charge on any atom is 0.0411 e. The maximum atomic E-state index is 2.33. The molecule has 0 aromatic carbocycles. The van der Waals surface area contributed by atoms with Gasteiger partial charge in [0.15, 0.2) is 0 Å². The molecule has 0 bridgehead atoms. The smallest absolute Gasteiger partial charge is 0.0411 e. The quantitative estimate of drug-likeness (QED) is 0.532. The summed E-state index contributed by atoms with van der Waals surface area (Å²) in [7, 11) is -0.611. The van der Waals surface area contributed by atoms with Crippen LogP contribution in [0.1, 0.15) is 33.1 Å². The van der Waals surface area contributed by atoms with E-state index in [2.05, 4.69) is 40.0 Å². The summed E-state index contributed by atoms with van der Waals surface area (Å²) in [6, 6.07) is 0. The molecule has 0 aromatic heterocycles. The number of unbranched alkanes of at least 4 members (excludes halogenated alkanes) is 2. The lowest BCUT2D eigenvalue weighted by Crippen LogP contribution is -2.10. The Morgan fingerprint density at radius 2 is 1.00 bits per heavy atom. The Kier molecular flexibility index (Phi) is 9.42. The predicted molar refractivity (Wildman–Crippen MR) is 54.4 cm³/mol. The van der Waals surface area contributed by atoms with E-state index >= 15 is 0 Å². The van der Waals surface area contributed by atoms with Gasteiger partial charge in [0.25, 0.3) is 0 Å². The van der Waals surface area contributed by atoms with Gasteiger partial charge in [-0.3, -0.25) is 0 Å². The van der Waals surface area contributed by atoms with Crippen LogP contribution in [0.5, 0.6) is 0 Å². The van der Waals surface area contributed by atoms with Gasteiger partial charge in [-0.1, -0.05) is 59.3 Å². The third-order valence-electron chi connectivity index (χ3n) is 0.707. The second-order valence-electron chi connectivity index (χ2n) is 4.35. The Bertz CT molecular complexity index is 44.2. The molecule has 64 valence electrons. The number of hydrogen-bond donors (Lipinski definition) is 0. The van der Waals surface area contributed by atoms with Crippen molar-refractivity contribution in [1.82, 2.24) is 0 Å². The predicted octanol–water partition coefficient (Wildman–Crippen LogP) is 4.15. The lowest BCUT2D eigenvalue weighted by atomic mass is 10.3. The Balaban J connectivity index is 0. The Morgan fingerprint density at radius 1 is 0.800 bits per heavy atom.